The summed E-state index contributed by atoms with van der Waals surface area (Å²) in [5.74, 6) is 0.931. The molecule has 0 aliphatic carbocycles. The molecule has 0 bridgehead atoms. The number of anilines is 1. The molecule has 1 saturated heterocycles. The first-order valence-electron chi connectivity index (χ1n) is 6.24. The fraction of sp³-hybridized carbons (Fsp3) is 0.667. The van der Waals surface area contributed by atoms with Gasteiger partial charge in [0.05, 0.1) is 12.2 Å². The van der Waals surface area contributed by atoms with Crippen LogP contribution in [0, 0.1) is 12.8 Å². The van der Waals surface area contributed by atoms with Crippen molar-refractivity contribution in [3.63, 3.8) is 0 Å². The molecule has 1 aliphatic rings. The zero-order chi connectivity index (χ0) is 13.9. The summed E-state index contributed by atoms with van der Waals surface area (Å²) in [6.45, 7) is 2.65. The second kappa shape index (κ2) is 5.73. The molecule has 0 amide bonds. The van der Waals surface area contributed by atoms with Gasteiger partial charge in [0.25, 0.3) is 0 Å². The second-order valence-electron chi connectivity index (χ2n) is 4.88. The molecule has 2 rings (SSSR count). The van der Waals surface area contributed by atoms with E-state index in [9.17, 15) is 13.2 Å². The summed E-state index contributed by atoms with van der Waals surface area (Å²) in [5, 5.41) is 3.16. The maximum atomic E-state index is 12.3. The van der Waals surface area contributed by atoms with Gasteiger partial charge in [-0.1, -0.05) is 0 Å². The molecule has 1 aromatic heterocycles. The minimum atomic E-state index is -4.11. The van der Waals surface area contributed by atoms with Gasteiger partial charge in [-0.15, -0.1) is 0 Å². The van der Waals surface area contributed by atoms with Crippen LogP contribution in [0.5, 0.6) is 0 Å². The Morgan fingerprint density at radius 2 is 2.11 bits per heavy atom. The first-order valence-corrected chi connectivity index (χ1v) is 6.24. The van der Waals surface area contributed by atoms with E-state index in [1.54, 1.807) is 12.4 Å². The SMILES string of the molecule is Cc1nccnc1NCC1CCN(CC(F)(F)F)C1. The van der Waals surface area contributed by atoms with Gasteiger partial charge in [-0.3, -0.25) is 9.88 Å². The summed E-state index contributed by atoms with van der Waals surface area (Å²) < 4.78 is 36.8. The van der Waals surface area contributed by atoms with E-state index in [1.165, 1.54) is 4.90 Å². The Balaban J connectivity index is 1.78. The molecule has 1 unspecified atom stereocenters. The van der Waals surface area contributed by atoms with Crippen LogP contribution >= 0.6 is 0 Å². The Kier molecular flexibility index (Phi) is 4.24. The fourth-order valence-corrected chi connectivity index (χ4v) is 2.30. The largest absolute Gasteiger partial charge is 0.401 e. The van der Waals surface area contributed by atoms with Gasteiger partial charge in [0.2, 0.25) is 0 Å². The minimum absolute atomic E-state index is 0.226. The van der Waals surface area contributed by atoms with Crippen molar-refractivity contribution in [2.75, 3.05) is 31.5 Å². The fourth-order valence-electron chi connectivity index (χ4n) is 2.30. The summed E-state index contributed by atoms with van der Waals surface area (Å²) in [6.07, 6.45) is -0.118. The molecule has 7 heteroatoms. The molecule has 2 heterocycles. The quantitative estimate of drug-likeness (QED) is 0.912. The highest BCUT2D eigenvalue weighted by Crippen LogP contribution is 2.23. The summed E-state index contributed by atoms with van der Waals surface area (Å²) in [7, 11) is 0. The predicted molar refractivity (Wildman–Crippen MR) is 65.9 cm³/mol. The highest BCUT2D eigenvalue weighted by molar-refractivity contribution is 5.38. The standard InChI is InChI=1S/C12H17F3N4/c1-9-11(17-4-3-16-9)18-6-10-2-5-19(7-10)8-12(13,14)15/h3-4,10H,2,5-8H2,1H3,(H,17,18). The summed E-state index contributed by atoms with van der Waals surface area (Å²) in [5.41, 5.74) is 0.799. The summed E-state index contributed by atoms with van der Waals surface area (Å²) in [6, 6.07) is 0. The van der Waals surface area contributed by atoms with E-state index in [-0.39, 0.29) is 5.92 Å². The van der Waals surface area contributed by atoms with Crippen LogP contribution in [0.2, 0.25) is 0 Å². The number of nitrogens with one attached hydrogen (secondary N) is 1. The van der Waals surface area contributed by atoms with Crippen molar-refractivity contribution in [2.45, 2.75) is 19.5 Å². The van der Waals surface area contributed by atoms with Crippen LogP contribution < -0.4 is 5.32 Å². The number of hydrogen-bond acceptors (Lipinski definition) is 4. The van der Waals surface area contributed by atoms with Crippen LogP contribution in [0.4, 0.5) is 19.0 Å². The molecular weight excluding hydrogens is 257 g/mol. The van der Waals surface area contributed by atoms with E-state index < -0.39 is 12.7 Å². The van der Waals surface area contributed by atoms with Crippen molar-refractivity contribution in [1.82, 2.24) is 14.9 Å². The van der Waals surface area contributed by atoms with Gasteiger partial charge in [-0.25, -0.2) is 4.98 Å². The number of nitrogens with zero attached hydrogens (tertiary/aromatic N) is 3. The number of aryl methyl sites for hydroxylation is 1. The molecular formula is C12H17F3N4. The molecule has 0 radical (unpaired) electrons. The zero-order valence-electron chi connectivity index (χ0n) is 10.7. The third-order valence-electron chi connectivity index (χ3n) is 3.21. The lowest BCUT2D eigenvalue weighted by Gasteiger charge is -2.18. The van der Waals surface area contributed by atoms with E-state index >= 15 is 0 Å². The Morgan fingerprint density at radius 3 is 2.79 bits per heavy atom. The van der Waals surface area contributed by atoms with Crippen LogP contribution in [-0.2, 0) is 0 Å². The average Bonchev–Trinajstić information content (AvgIpc) is 2.73. The molecule has 4 nitrogen and oxygen atoms in total. The number of aromatic nitrogens is 2. The van der Waals surface area contributed by atoms with Gasteiger partial charge in [-0.2, -0.15) is 13.2 Å². The summed E-state index contributed by atoms with van der Waals surface area (Å²) >= 11 is 0. The Hall–Kier alpha value is -1.37. The van der Waals surface area contributed by atoms with Crippen molar-refractivity contribution in [3.8, 4) is 0 Å². The Labute approximate surface area is 110 Å². The lowest BCUT2D eigenvalue weighted by molar-refractivity contribution is -0.143. The molecule has 0 spiro atoms. The lowest BCUT2D eigenvalue weighted by atomic mass is 10.1. The van der Waals surface area contributed by atoms with Crippen LogP contribution in [-0.4, -0.2) is 47.2 Å². The molecule has 0 aromatic carbocycles. The van der Waals surface area contributed by atoms with E-state index in [1.807, 2.05) is 6.92 Å². The molecule has 1 N–H and O–H groups in total. The molecule has 1 atom stereocenters. The van der Waals surface area contributed by atoms with Gasteiger partial charge >= 0.3 is 6.18 Å². The number of rotatable bonds is 4. The van der Waals surface area contributed by atoms with E-state index in [0.717, 1.165) is 12.1 Å². The maximum absolute atomic E-state index is 12.3. The van der Waals surface area contributed by atoms with E-state index in [0.29, 0.717) is 25.5 Å². The molecule has 1 aromatic rings. The smallest absolute Gasteiger partial charge is 0.368 e. The van der Waals surface area contributed by atoms with Gasteiger partial charge < -0.3 is 5.32 Å². The molecule has 19 heavy (non-hydrogen) atoms. The first kappa shape index (κ1) is 14.0. The average molecular weight is 274 g/mol. The highest BCUT2D eigenvalue weighted by atomic mass is 19.4. The van der Waals surface area contributed by atoms with Crippen LogP contribution in [0.3, 0.4) is 0 Å². The normalized spacial score (nSPS) is 20.7. The number of likely N-dealkylation sites (tertiary alicyclic amines) is 1. The zero-order valence-corrected chi connectivity index (χ0v) is 10.7. The van der Waals surface area contributed by atoms with Crippen LogP contribution in [0.15, 0.2) is 12.4 Å². The van der Waals surface area contributed by atoms with Gasteiger partial charge in [0, 0.05) is 25.5 Å². The van der Waals surface area contributed by atoms with Crippen molar-refractivity contribution < 1.29 is 13.2 Å². The van der Waals surface area contributed by atoms with Crippen LogP contribution in [0.25, 0.3) is 0 Å². The third kappa shape index (κ3) is 4.34. The van der Waals surface area contributed by atoms with E-state index in [2.05, 4.69) is 15.3 Å². The highest BCUT2D eigenvalue weighted by Gasteiger charge is 2.34. The minimum Gasteiger partial charge on any atom is -0.368 e. The molecule has 1 aliphatic heterocycles. The van der Waals surface area contributed by atoms with E-state index in [4.69, 9.17) is 0 Å². The Bertz CT molecular complexity index is 422. The maximum Gasteiger partial charge on any atom is 0.401 e. The number of halogens is 3. The van der Waals surface area contributed by atoms with Crippen molar-refractivity contribution in [2.24, 2.45) is 5.92 Å². The topological polar surface area (TPSA) is 41.1 Å². The second-order valence-corrected chi connectivity index (χ2v) is 4.88. The third-order valence-corrected chi connectivity index (χ3v) is 3.21. The van der Waals surface area contributed by atoms with Crippen molar-refractivity contribution >= 4 is 5.82 Å². The molecule has 1 fully saturated rings. The van der Waals surface area contributed by atoms with Crippen LogP contribution in [0.1, 0.15) is 12.1 Å². The lowest BCUT2D eigenvalue weighted by Crippen LogP contribution is -2.33. The monoisotopic (exact) mass is 274 g/mol. The molecule has 106 valence electrons. The van der Waals surface area contributed by atoms with Gasteiger partial charge in [0.15, 0.2) is 0 Å². The van der Waals surface area contributed by atoms with Crippen molar-refractivity contribution in [3.05, 3.63) is 18.1 Å². The van der Waals surface area contributed by atoms with Crippen molar-refractivity contribution in [1.29, 1.82) is 0 Å². The predicted octanol–water partition coefficient (Wildman–Crippen LogP) is 2.08. The van der Waals surface area contributed by atoms with Gasteiger partial charge in [0.1, 0.15) is 5.82 Å². The number of hydrogen-bond donors (Lipinski definition) is 1. The van der Waals surface area contributed by atoms with Gasteiger partial charge in [-0.05, 0) is 25.8 Å². The summed E-state index contributed by atoms with van der Waals surface area (Å²) in [4.78, 5) is 9.71. The first-order chi connectivity index (χ1) is 8.94. The molecule has 0 saturated carbocycles. The Morgan fingerprint density at radius 1 is 1.37 bits per heavy atom. The number of alkyl halides is 3.